The van der Waals surface area contributed by atoms with Crippen molar-refractivity contribution in [3.05, 3.63) is 17.8 Å². The predicted molar refractivity (Wildman–Crippen MR) is 39.3 cm³/mol. The zero-order valence-corrected chi connectivity index (χ0v) is 6.76. The van der Waals surface area contributed by atoms with E-state index in [4.69, 9.17) is 5.11 Å². The average Bonchev–Trinajstić information content (AvgIpc) is 2.47. The van der Waals surface area contributed by atoms with Gasteiger partial charge in [-0.25, -0.2) is 4.79 Å². The lowest BCUT2D eigenvalue weighted by molar-refractivity contribution is -0.154. The number of ether oxygens (including phenoxy) is 1. The van der Waals surface area contributed by atoms with Gasteiger partial charge in [0.2, 0.25) is 0 Å². The largest absolute Gasteiger partial charge is 0.477 e. The molecule has 0 aliphatic rings. The van der Waals surface area contributed by atoms with Gasteiger partial charge in [0.25, 0.3) is 0 Å². The van der Waals surface area contributed by atoms with Gasteiger partial charge in [0.1, 0.15) is 5.69 Å². The fourth-order valence-corrected chi connectivity index (χ4v) is 0.744. The maximum atomic E-state index is 11.7. The molecule has 1 heterocycles. The Bertz CT molecular complexity index is 331. The predicted octanol–water partition coefficient (Wildman–Crippen LogP) is 1.65. The maximum Gasteiger partial charge on any atom is 0.422 e. The number of hydrogen-bond donors (Lipinski definition) is 2. The van der Waals surface area contributed by atoms with Crippen LogP contribution in [0.2, 0.25) is 0 Å². The van der Waals surface area contributed by atoms with Gasteiger partial charge in [-0.05, 0) is 6.07 Å². The van der Waals surface area contributed by atoms with Crippen molar-refractivity contribution >= 4 is 5.97 Å². The number of rotatable bonds is 3. The number of alkyl halides is 3. The summed E-state index contributed by atoms with van der Waals surface area (Å²) in [6.45, 7) is -1.45. The van der Waals surface area contributed by atoms with E-state index in [1.54, 1.807) is 0 Å². The number of aromatic carboxylic acids is 1. The lowest BCUT2D eigenvalue weighted by Gasteiger charge is -2.06. The van der Waals surface area contributed by atoms with Crippen LogP contribution in [0.5, 0.6) is 5.88 Å². The van der Waals surface area contributed by atoms with Crippen LogP contribution < -0.4 is 4.74 Å². The minimum absolute atomic E-state index is 0.220. The number of carboxylic acids is 1. The molecule has 0 atom stereocenters. The van der Waals surface area contributed by atoms with Crippen LogP contribution >= 0.6 is 0 Å². The lowest BCUT2D eigenvalue weighted by atomic mass is 10.4. The number of carbonyl (C=O) groups is 1. The maximum absolute atomic E-state index is 11.7. The van der Waals surface area contributed by atoms with E-state index in [1.807, 2.05) is 0 Å². The zero-order chi connectivity index (χ0) is 10.8. The van der Waals surface area contributed by atoms with E-state index in [9.17, 15) is 18.0 Å². The fourth-order valence-electron chi connectivity index (χ4n) is 0.744. The average molecular weight is 209 g/mol. The molecule has 1 aromatic heterocycles. The molecule has 0 amide bonds. The summed E-state index contributed by atoms with van der Waals surface area (Å²) in [4.78, 5) is 12.5. The van der Waals surface area contributed by atoms with Crippen molar-refractivity contribution in [2.75, 3.05) is 6.61 Å². The molecule has 14 heavy (non-hydrogen) atoms. The van der Waals surface area contributed by atoms with Crippen LogP contribution in [0, 0.1) is 0 Å². The van der Waals surface area contributed by atoms with Gasteiger partial charge >= 0.3 is 12.1 Å². The zero-order valence-electron chi connectivity index (χ0n) is 6.76. The first-order chi connectivity index (χ1) is 6.38. The van der Waals surface area contributed by atoms with E-state index >= 15 is 0 Å². The van der Waals surface area contributed by atoms with Gasteiger partial charge in [-0.1, -0.05) is 0 Å². The normalized spacial score (nSPS) is 11.4. The molecule has 7 heteroatoms. The Morgan fingerprint density at radius 1 is 1.50 bits per heavy atom. The summed E-state index contributed by atoms with van der Waals surface area (Å²) >= 11 is 0. The minimum atomic E-state index is -4.44. The van der Waals surface area contributed by atoms with Crippen LogP contribution in [0.25, 0.3) is 0 Å². The Morgan fingerprint density at radius 2 is 2.14 bits per heavy atom. The van der Waals surface area contributed by atoms with Crippen LogP contribution in [-0.2, 0) is 0 Å². The summed E-state index contributed by atoms with van der Waals surface area (Å²) in [5, 5.41) is 8.42. The second-order valence-electron chi connectivity index (χ2n) is 2.45. The van der Waals surface area contributed by atoms with Gasteiger partial charge in [0, 0.05) is 6.07 Å². The Morgan fingerprint density at radius 3 is 2.57 bits per heavy atom. The highest BCUT2D eigenvalue weighted by Gasteiger charge is 2.28. The van der Waals surface area contributed by atoms with E-state index in [2.05, 4.69) is 9.72 Å². The van der Waals surface area contributed by atoms with Gasteiger partial charge in [-0.2, -0.15) is 13.2 Å². The molecule has 0 aliphatic heterocycles. The summed E-state index contributed by atoms with van der Waals surface area (Å²) in [6.07, 6.45) is -4.44. The van der Waals surface area contributed by atoms with Crippen LogP contribution in [0.1, 0.15) is 10.5 Å². The number of carboxylic acid groups (broad SMARTS) is 1. The van der Waals surface area contributed by atoms with Crippen molar-refractivity contribution in [1.29, 1.82) is 0 Å². The number of aromatic amines is 1. The van der Waals surface area contributed by atoms with Crippen LogP contribution in [-0.4, -0.2) is 28.8 Å². The molecule has 4 nitrogen and oxygen atoms in total. The molecule has 0 saturated heterocycles. The Balaban J connectivity index is 2.56. The topological polar surface area (TPSA) is 62.3 Å². The molecule has 0 radical (unpaired) electrons. The summed E-state index contributed by atoms with van der Waals surface area (Å²) in [5.74, 6) is -1.48. The number of aromatic nitrogens is 1. The van der Waals surface area contributed by atoms with E-state index in [1.165, 1.54) is 0 Å². The molecule has 0 spiro atoms. The lowest BCUT2D eigenvalue weighted by Crippen LogP contribution is -2.19. The Labute approximate surface area is 76.3 Å². The molecular weight excluding hydrogens is 203 g/mol. The first-order valence-electron chi connectivity index (χ1n) is 3.50. The molecule has 0 fully saturated rings. The molecule has 0 aromatic carbocycles. The third kappa shape index (κ3) is 3.00. The van der Waals surface area contributed by atoms with Gasteiger partial charge in [0.15, 0.2) is 12.5 Å². The third-order valence-corrected chi connectivity index (χ3v) is 1.28. The highest BCUT2D eigenvalue weighted by Crippen LogP contribution is 2.17. The van der Waals surface area contributed by atoms with Gasteiger partial charge < -0.3 is 14.8 Å². The van der Waals surface area contributed by atoms with Crippen molar-refractivity contribution in [3.63, 3.8) is 0 Å². The van der Waals surface area contributed by atoms with Crippen molar-refractivity contribution in [1.82, 2.24) is 4.98 Å². The van der Waals surface area contributed by atoms with Gasteiger partial charge in [-0.15, -0.1) is 0 Å². The van der Waals surface area contributed by atoms with E-state index in [-0.39, 0.29) is 11.6 Å². The highest BCUT2D eigenvalue weighted by atomic mass is 19.4. The molecule has 0 unspecified atom stereocenters. The van der Waals surface area contributed by atoms with Crippen LogP contribution in [0.3, 0.4) is 0 Å². The molecule has 2 N–H and O–H groups in total. The van der Waals surface area contributed by atoms with Crippen molar-refractivity contribution < 1.29 is 27.8 Å². The summed E-state index contributed by atoms with van der Waals surface area (Å²) in [6, 6.07) is 2.24. The first kappa shape index (κ1) is 10.4. The molecule has 1 aromatic rings. The summed E-state index contributed by atoms with van der Waals surface area (Å²) in [5.41, 5.74) is -0.220. The SMILES string of the molecule is O=C(O)c1ccc(OCC(F)(F)F)[nH]1. The van der Waals surface area contributed by atoms with Gasteiger partial charge in [-0.3, -0.25) is 0 Å². The van der Waals surface area contributed by atoms with Crippen LogP contribution in [0.4, 0.5) is 13.2 Å². The van der Waals surface area contributed by atoms with E-state index in [0.717, 1.165) is 12.1 Å². The summed E-state index contributed by atoms with van der Waals surface area (Å²) in [7, 11) is 0. The second-order valence-corrected chi connectivity index (χ2v) is 2.45. The second kappa shape index (κ2) is 3.60. The fraction of sp³-hybridized carbons (Fsp3) is 0.286. The molecule has 0 saturated carbocycles. The molecular formula is C7H6F3NO3. The van der Waals surface area contributed by atoms with E-state index in [0.29, 0.717) is 0 Å². The van der Waals surface area contributed by atoms with Crippen molar-refractivity contribution in [3.8, 4) is 5.88 Å². The van der Waals surface area contributed by atoms with Crippen molar-refractivity contribution in [2.45, 2.75) is 6.18 Å². The first-order valence-corrected chi connectivity index (χ1v) is 3.50. The smallest absolute Gasteiger partial charge is 0.422 e. The number of hydrogen-bond acceptors (Lipinski definition) is 2. The quantitative estimate of drug-likeness (QED) is 0.795. The standard InChI is InChI=1S/C7H6F3NO3/c8-7(9,10)3-14-5-2-1-4(11-5)6(12)13/h1-2,11H,3H2,(H,12,13). The monoisotopic (exact) mass is 209 g/mol. The molecule has 0 aliphatic carbocycles. The number of H-pyrrole nitrogens is 1. The minimum Gasteiger partial charge on any atom is -0.477 e. The molecule has 78 valence electrons. The van der Waals surface area contributed by atoms with Gasteiger partial charge in [0.05, 0.1) is 0 Å². The third-order valence-electron chi connectivity index (χ3n) is 1.28. The molecule has 1 rings (SSSR count). The Hall–Kier alpha value is -1.66. The summed E-state index contributed by atoms with van der Waals surface area (Å²) < 4.78 is 39.2. The molecule has 0 bridgehead atoms. The number of nitrogens with one attached hydrogen (secondary N) is 1. The number of halogens is 3. The van der Waals surface area contributed by atoms with E-state index < -0.39 is 18.8 Å². The Kier molecular flexibility index (Phi) is 2.68. The highest BCUT2D eigenvalue weighted by molar-refractivity contribution is 5.85. The van der Waals surface area contributed by atoms with Crippen molar-refractivity contribution in [2.24, 2.45) is 0 Å². The van der Waals surface area contributed by atoms with Crippen LogP contribution in [0.15, 0.2) is 12.1 Å².